The highest BCUT2D eigenvalue weighted by atomic mass is 16.5. The molecule has 0 bridgehead atoms. The van der Waals surface area contributed by atoms with Crippen LogP contribution in [-0.2, 0) is 17.9 Å². The van der Waals surface area contributed by atoms with E-state index in [4.69, 9.17) is 4.74 Å². The summed E-state index contributed by atoms with van der Waals surface area (Å²) in [7, 11) is 0. The van der Waals surface area contributed by atoms with Gasteiger partial charge in [-0.05, 0) is 50.3 Å². The van der Waals surface area contributed by atoms with Crippen LogP contribution in [0.5, 0.6) is 5.75 Å². The first-order chi connectivity index (χ1) is 12.8. The smallest absolute Gasteiger partial charge is 0.250 e. The van der Waals surface area contributed by atoms with E-state index in [1.807, 2.05) is 34.0 Å². The van der Waals surface area contributed by atoms with Gasteiger partial charge in [-0.3, -0.25) is 14.5 Å². The van der Waals surface area contributed by atoms with Crippen LogP contribution in [0.25, 0.3) is 0 Å². The van der Waals surface area contributed by atoms with Gasteiger partial charge in [0, 0.05) is 24.5 Å². The summed E-state index contributed by atoms with van der Waals surface area (Å²) in [5, 5.41) is 4.39. The van der Waals surface area contributed by atoms with Crippen molar-refractivity contribution in [3.8, 4) is 5.75 Å². The molecule has 136 valence electrons. The third-order valence-corrected chi connectivity index (χ3v) is 5.16. The summed E-state index contributed by atoms with van der Waals surface area (Å²) in [6.07, 6.45) is 12.3. The van der Waals surface area contributed by atoms with E-state index in [1.165, 1.54) is 6.42 Å². The van der Waals surface area contributed by atoms with Crippen LogP contribution in [0.15, 0.2) is 48.4 Å². The predicted octanol–water partition coefficient (Wildman–Crippen LogP) is 2.96. The first kappa shape index (κ1) is 16.8. The summed E-state index contributed by atoms with van der Waals surface area (Å²) in [6, 6.07) is 5.77. The zero-order chi connectivity index (χ0) is 17.8. The second kappa shape index (κ2) is 7.72. The molecule has 0 fully saturated rings. The maximum atomic E-state index is 13.2. The average Bonchev–Trinajstić information content (AvgIpc) is 3.07. The van der Waals surface area contributed by atoms with Crippen molar-refractivity contribution in [1.29, 1.82) is 0 Å². The van der Waals surface area contributed by atoms with Crippen LogP contribution >= 0.6 is 0 Å². The number of fused-ring (bicyclic) bond motifs is 1. The molecule has 2 aromatic rings. The summed E-state index contributed by atoms with van der Waals surface area (Å²) in [6.45, 7) is 1.85. The molecule has 0 radical (unpaired) electrons. The lowest BCUT2D eigenvalue weighted by atomic mass is 9.98. The number of carbonyl (C=O) groups is 1. The van der Waals surface area contributed by atoms with E-state index in [9.17, 15) is 4.79 Å². The molecule has 6 heteroatoms. The summed E-state index contributed by atoms with van der Waals surface area (Å²) in [4.78, 5) is 19.3. The lowest BCUT2D eigenvalue weighted by Crippen LogP contribution is -2.43. The molecule has 1 amide bonds. The van der Waals surface area contributed by atoms with E-state index in [0.717, 1.165) is 49.2 Å². The number of amides is 1. The van der Waals surface area contributed by atoms with E-state index in [1.54, 1.807) is 12.4 Å². The number of pyridine rings is 1. The van der Waals surface area contributed by atoms with Gasteiger partial charge in [-0.2, -0.15) is 5.10 Å². The van der Waals surface area contributed by atoms with Gasteiger partial charge in [-0.1, -0.05) is 6.08 Å². The molecule has 0 aromatic carbocycles. The Morgan fingerprint density at radius 2 is 2.23 bits per heavy atom. The molecule has 6 nitrogen and oxygen atoms in total. The van der Waals surface area contributed by atoms with Gasteiger partial charge < -0.3 is 9.64 Å². The van der Waals surface area contributed by atoms with Crippen LogP contribution < -0.4 is 4.74 Å². The maximum Gasteiger partial charge on any atom is 0.250 e. The highest BCUT2D eigenvalue weighted by Gasteiger charge is 2.30. The Balaban J connectivity index is 1.54. The fourth-order valence-corrected chi connectivity index (χ4v) is 3.68. The van der Waals surface area contributed by atoms with Gasteiger partial charge >= 0.3 is 0 Å². The molecular formula is C20H24N4O2. The van der Waals surface area contributed by atoms with Gasteiger partial charge in [-0.25, -0.2) is 0 Å². The predicted molar refractivity (Wildman–Crippen MR) is 97.5 cm³/mol. The van der Waals surface area contributed by atoms with Gasteiger partial charge in [0.1, 0.15) is 12.4 Å². The number of ether oxygens (including phenoxy) is 1. The first-order valence-corrected chi connectivity index (χ1v) is 9.35. The first-order valence-electron chi connectivity index (χ1n) is 9.35. The molecule has 0 unspecified atom stereocenters. The number of nitrogens with zero attached hydrogens (tertiary/aromatic N) is 4. The Labute approximate surface area is 153 Å². The zero-order valence-corrected chi connectivity index (χ0v) is 14.9. The topological polar surface area (TPSA) is 60.2 Å². The van der Waals surface area contributed by atoms with Crippen molar-refractivity contribution in [1.82, 2.24) is 19.7 Å². The van der Waals surface area contributed by atoms with E-state index in [2.05, 4.69) is 16.2 Å². The SMILES string of the molecule is O=C(C1=CCCCC1)N1Cc2ccnn2CC[C@H]1COc1cccnc1. The fourth-order valence-electron chi connectivity index (χ4n) is 3.68. The average molecular weight is 352 g/mol. The number of hydrogen-bond acceptors (Lipinski definition) is 4. The zero-order valence-electron chi connectivity index (χ0n) is 14.9. The molecule has 1 aliphatic carbocycles. The number of aromatic nitrogens is 3. The molecule has 1 aliphatic heterocycles. The highest BCUT2D eigenvalue weighted by molar-refractivity contribution is 5.93. The standard InChI is InChI=1S/C20H24N4O2/c25-20(16-5-2-1-3-6-16)23-14-17-8-11-22-24(17)12-9-18(23)15-26-19-7-4-10-21-13-19/h4-5,7-8,10-11,13,18H,1-3,6,9,12,14-15H2/t18-/m0/s1. The Hall–Kier alpha value is -2.63. The highest BCUT2D eigenvalue weighted by Crippen LogP contribution is 2.25. The molecule has 0 spiro atoms. The van der Waals surface area contributed by atoms with Crippen LogP contribution in [0.1, 0.15) is 37.8 Å². The molecule has 0 saturated carbocycles. The molecule has 2 aromatic heterocycles. The van der Waals surface area contributed by atoms with Gasteiger partial charge in [0.05, 0.1) is 24.5 Å². The van der Waals surface area contributed by atoms with E-state index in [-0.39, 0.29) is 11.9 Å². The molecule has 0 N–H and O–H groups in total. The van der Waals surface area contributed by atoms with Crippen molar-refractivity contribution >= 4 is 5.91 Å². The van der Waals surface area contributed by atoms with Gasteiger partial charge in [-0.15, -0.1) is 0 Å². The lowest BCUT2D eigenvalue weighted by Gasteiger charge is -2.31. The van der Waals surface area contributed by atoms with Crippen LogP contribution in [0.4, 0.5) is 0 Å². The third kappa shape index (κ3) is 3.64. The maximum absolute atomic E-state index is 13.2. The fraction of sp³-hybridized carbons (Fsp3) is 0.450. The quantitative estimate of drug-likeness (QED) is 0.849. The number of hydrogen-bond donors (Lipinski definition) is 0. The summed E-state index contributed by atoms with van der Waals surface area (Å²) in [5.41, 5.74) is 2.04. The number of carbonyl (C=O) groups excluding carboxylic acids is 1. The molecule has 3 heterocycles. The minimum Gasteiger partial charge on any atom is -0.490 e. The van der Waals surface area contributed by atoms with Crippen LogP contribution in [-0.4, -0.2) is 38.2 Å². The normalized spacial score (nSPS) is 20.1. The van der Waals surface area contributed by atoms with E-state index < -0.39 is 0 Å². The molecule has 2 aliphatic rings. The minimum absolute atomic E-state index is 0.0206. The van der Waals surface area contributed by atoms with Crippen molar-refractivity contribution in [2.24, 2.45) is 0 Å². The Kier molecular flexibility index (Phi) is 5.00. The Bertz CT molecular complexity index is 784. The molecular weight excluding hydrogens is 328 g/mol. The molecule has 4 rings (SSSR count). The molecule has 0 saturated heterocycles. The molecule has 1 atom stereocenters. The van der Waals surface area contributed by atoms with Crippen molar-refractivity contribution in [2.75, 3.05) is 6.61 Å². The number of allylic oxidation sites excluding steroid dienone is 1. The van der Waals surface area contributed by atoms with Crippen LogP contribution in [0.3, 0.4) is 0 Å². The largest absolute Gasteiger partial charge is 0.490 e. The summed E-state index contributed by atoms with van der Waals surface area (Å²) >= 11 is 0. The third-order valence-electron chi connectivity index (χ3n) is 5.16. The Morgan fingerprint density at radius 3 is 3.04 bits per heavy atom. The van der Waals surface area contributed by atoms with Crippen LogP contribution in [0.2, 0.25) is 0 Å². The van der Waals surface area contributed by atoms with E-state index >= 15 is 0 Å². The van der Waals surface area contributed by atoms with Crippen LogP contribution in [0, 0.1) is 0 Å². The van der Waals surface area contributed by atoms with Crippen molar-refractivity contribution in [3.05, 3.63) is 54.1 Å². The van der Waals surface area contributed by atoms with Gasteiger partial charge in [0.15, 0.2) is 0 Å². The number of aryl methyl sites for hydroxylation is 1. The lowest BCUT2D eigenvalue weighted by molar-refractivity contribution is -0.131. The van der Waals surface area contributed by atoms with Crippen molar-refractivity contribution in [2.45, 2.75) is 51.2 Å². The monoisotopic (exact) mass is 352 g/mol. The second-order valence-corrected chi connectivity index (χ2v) is 6.90. The van der Waals surface area contributed by atoms with Gasteiger partial charge in [0.2, 0.25) is 5.91 Å². The van der Waals surface area contributed by atoms with E-state index in [0.29, 0.717) is 13.2 Å². The second-order valence-electron chi connectivity index (χ2n) is 6.90. The van der Waals surface area contributed by atoms with Gasteiger partial charge in [0.25, 0.3) is 0 Å². The van der Waals surface area contributed by atoms with Crippen molar-refractivity contribution in [3.63, 3.8) is 0 Å². The summed E-state index contributed by atoms with van der Waals surface area (Å²) in [5.74, 6) is 0.887. The minimum atomic E-state index is 0.0206. The summed E-state index contributed by atoms with van der Waals surface area (Å²) < 4.78 is 7.94. The molecule has 26 heavy (non-hydrogen) atoms. The van der Waals surface area contributed by atoms with Crippen molar-refractivity contribution < 1.29 is 9.53 Å². The Morgan fingerprint density at radius 1 is 1.27 bits per heavy atom. The number of rotatable bonds is 4.